The Balaban J connectivity index is 1.91. The van der Waals surface area contributed by atoms with Crippen LogP contribution in [0.5, 0.6) is 0 Å². The number of H-pyrrole nitrogens is 1. The molecule has 31 heavy (non-hydrogen) atoms. The molecule has 3 aromatic carbocycles. The van der Waals surface area contributed by atoms with Crippen LogP contribution in [0.15, 0.2) is 78.9 Å². The third-order valence-corrected chi connectivity index (χ3v) is 6.57. The Kier molecular flexibility index (Phi) is 5.22. The van der Waals surface area contributed by atoms with E-state index in [9.17, 15) is 9.90 Å². The summed E-state index contributed by atoms with van der Waals surface area (Å²) in [7, 11) is 0. The highest BCUT2D eigenvalue weighted by atomic mass is 16.4. The van der Waals surface area contributed by atoms with Gasteiger partial charge in [0.15, 0.2) is 0 Å². The van der Waals surface area contributed by atoms with Gasteiger partial charge in [-0.25, -0.2) is 0 Å². The summed E-state index contributed by atoms with van der Waals surface area (Å²) >= 11 is 0. The lowest BCUT2D eigenvalue weighted by Gasteiger charge is -2.26. The maximum Gasteiger partial charge on any atom is 0.307 e. The summed E-state index contributed by atoms with van der Waals surface area (Å²) in [6.07, 6.45) is -0.0131. The van der Waals surface area contributed by atoms with Crippen molar-refractivity contribution in [1.82, 2.24) is 4.98 Å². The van der Waals surface area contributed by atoms with Crippen molar-refractivity contribution in [1.29, 1.82) is 0 Å². The number of aromatic amines is 1. The average molecular weight is 412 g/mol. The number of aliphatic carboxylic acids is 1. The lowest BCUT2D eigenvalue weighted by molar-refractivity contribution is -0.136. The second-order valence-electron chi connectivity index (χ2n) is 9.29. The maximum atomic E-state index is 11.8. The van der Waals surface area contributed by atoms with Gasteiger partial charge in [-0.3, -0.25) is 4.79 Å². The van der Waals surface area contributed by atoms with E-state index in [0.29, 0.717) is 0 Å². The molecule has 2 N–H and O–H groups in total. The first-order valence-electron chi connectivity index (χ1n) is 10.7. The number of carboxylic acids is 1. The Hall–Kier alpha value is -3.33. The number of carbonyl (C=O) groups is 1. The largest absolute Gasteiger partial charge is 0.481 e. The van der Waals surface area contributed by atoms with Gasteiger partial charge in [-0.2, -0.15) is 0 Å². The molecule has 0 amide bonds. The average Bonchev–Trinajstić information content (AvgIpc) is 3.13. The molecule has 0 unspecified atom stereocenters. The van der Waals surface area contributed by atoms with E-state index < -0.39 is 5.97 Å². The summed E-state index contributed by atoms with van der Waals surface area (Å²) in [6, 6.07) is 27.1. The van der Waals surface area contributed by atoms with E-state index in [4.69, 9.17) is 0 Å². The van der Waals surface area contributed by atoms with Gasteiger partial charge < -0.3 is 10.1 Å². The molecule has 1 aromatic heterocycles. The Labute approximate surface area is 183 Å². The SMILES string of the molecule is CC(C)(c1ccccc1)c1ccc2[nH]c(C(C)(C)c3ccccc3)c(CC(=O)O)c2c1. The number of fused-ring (bicyclic) bond motifs is 1. The Morgan fingerprint density at radius 2 is 1.32 bits per heavy atom. The van der Waals surface area contributed by atoms with Crippen LogP contribution in [-0.2, 0) is 22.0 Å². The van der Waals surface area contributed by atoms with Crippen molar-refractivity contribution >= 4 is 16.9 Å². The zero-order chi connectivity index (χ0) is 22.2. The zero-order valence-corrected chi connectivity index (χ0v) is 18.6. The quantitative estimate of drug-likeness (QED) is 0.383. The highest BCUT2D eigenvalue weighted by Crippen LogP contribution is 2.39. The van der Waals surface area contributed by atoms with Gasteiger partial charge in [0.05, 0.1) is 6.42 Å². The molecule has 0 aliphatic heterocycles. The third-order valence-electron chi connectivity index (χ3n) is 6.57. The van der Waals surface area contributed by atoms with Gasteiger partial charge >= 0.3 is 5.97 Å². The monoisotopic (exact) mass is 411 g/mol. The predicted octanol–water partition coefficient (Wildman–Crippen LogP) is 6.45. The molecular weight excluding hydrogens is 382 g/mol. The summed E-state index contributed by atoms with van der Waals surface area (Å²) in [5, 5.41) is 10.7. The summed E-state index contributed by atoms with van der Waals surface area (Å²) in [4.78, 5) is 15.4. The molecule has 3 heteroatoms. The molecule has 4 rings (SSSR count). The molecule has 4 aromatic rings. The molecule has 0 bridgehead atoms. The van der Waals surface area contributed by atoms with Crippen LogP contribution in [0.25, 0.3) is 10.9 Å². The summed E-state index contributed by atoms with van der Waals surface area (Å²) in [6.45, 7) is 8.71. The summed E-state index contributed by atoms with van der Waals surface area (Å²) < 4.78 is 0. The first-order chi connectivity index (χ1) is 14.7. The molecule has 0 fully saturated rings. The van der Waals surface area contributed by atoms with E-state index in [1.165, 1.54) is 11.1 Å². The van der Waals surface area contributed by atoms with Crippen molar-refractivity contribution in [3.05, 3.63) is 107 Å². The number of aromatic nitrogens is 1. The van der Waals surface area contributed by atoms with Crippen molar-refractivity contribution in [2.45, 2.75) is 44.9 Å². The molecule has 0 radical (unpaired) electrons. The number of rotatable bonds is 6. The lowest BCUT2D eigenvalue weighted by atomic mass is 9.77. The van der Waals surface area contributed by atoms with E-state index in [-0.39, 0.29) is 17.3 Å². The second-order valence-corrected chi connectivity index (χ2v) is 9.29. The zero-order valence-electron chi connectivity index (χ0n) is 18.6. The minimum absolute atomic E-state index is 0.0131. The fourth-order valence-electron chi connectivity index (χ4n) is 4.53. The minimum Gasteiger partial charge on any atom is -0.481 e. The topological polar surface area (TPSA) is 53.1 Å². The van der Waals surface area contributed by atoms with Crippen molar-refractivity contribution in [2.24, 2.45) is 0 Å². The predicted molar refractivity (Wildman–Crippen MR) is 127 cm³/mol. The Morgan fingerprint density at radius 1 is 0.774 bits per heavy atom. The van der Waals surface area contributed by atoms with Crippen LogP contribution in [0, 0.1) is 0 Å². The van der Waals surface area contributed by atoms with Crippen molar-refractivity contribution in [3.8, 4) is 0 Å². The number of carboxylic acid groups (broad SMARTS) is 1. The molecule has 158 valence electrons. The lowest BCUT2D eigenvalue weighted by Crippen LogP contribution is -2.22. The molecule has 3 nitrogen and oxygen atoms in total. The molecular formula is C28H29NO2. The third kappa shape index (κ3) is 3.76. The standard InChI is InChI=1S/C28H29NO2/c1-27(2,19-11-7-5-8-12-19)21-15-16-24-22(17-21)23(18-25(30)31)26(29-24)28(3,4)20-13-9-6-10-14-20/h5-17,29H,18H2,1-4H3,(H,30,31). The number of benzene rings is 3. The number of hydrogen-bond donors (Lipinski definition) is 2. The van der Waals surface area contributed by atoms with Crippen molar-refractivity contribution in [3.63, 3.8) is 0 Å². The van der Waals surface area contributed by atoms with Gasteiger partial charge in [-0.15, -0.1) is 0 Å². The molecule has 1 heterocycles. The second kappa shape index (κ2) is 7.73. The molecule has 0 saturated heterocycles. The van der Waals surface area contributed by atoms with E-state index in [1.807, 2.05) is 24.3 Å². The highest BCUT2D eigenvalue weighted by molar-refractivity contribution is 5.90. The first-order valence-corrected chi connectivity index (χ1v) is 10.7. The molecule has 0 atom stereocenters. The molecule has 0 aliphatic carbocycles. The molecule has 0 saturated carbocycles. The van der Waals surface area contributed by atoms with Crippen LogP contribution in [0.3, 0.4) is 0 Å². The maximum absolute atomic E-state index is 11.8. The number of hydrogen-bond acceptors (Lipinski definition) is 1. The van der Waals surface area contributed by atoms with Crippen molar-refractivity contribution < 1.29 is 9.90 Å². The van der Waals surface area contributed by atoms with Crippen LogP contribution in [0.1, 0.15) is 55.6 Å². The minimum atomic E-state index is -0.821. The van der Waals surface area contributed by atoms with Crippen LogP contribution in [0.2, 0.25) is 0 Å². The molecule has 0 aliphatic rings. The summed E-state index contributed by atoms with van der Waals surface area (Å²) in [5.41, 5.74) is 5.81. The van der Waals surface area contributed by atoms with Crippen molar-refractivity contribution in [2.75, 3.05) is 0 Å². The van der Waals surface area contributed by atoms with E-state index in [2.05, 4.69) is 87.3 Å². The first kappa shape index (κ1) is 20.9. The van der Waals surface area contributed by atoms with Gasteiger partial charge in [0.1, 0.15) is 0 Å². The van der Waals surface area contributed by atoms with Crippen LogP contribution in [-0.4, -0.2) is 16.1 Å². The van der Waals surface area contributed by atoms with Crippen LogP contribution in [0.4, 0.5) is 0 Å². The fourth-order valence-corrected chi connectivity index (χ4v) is 4.53. The fraction of sp³-hybridized carbons (Fsp3) is 0.250. The van der Waals surface area contributed by atoms with E-state index in [1.54, 1.807) is 0 Å². The molecule has 0 spiro atoms. The summed E-state index contributed by atoms with van der Waals surface area (Å²) in [5.74, 6) is -0.821. The van der Waals surface area contributed by atoms with E-state index in [0.717, 1.165) is 27.7 Å². The van der Waals surface area contributed by atoms with Crippen LogP contribution < -0.4 is 0 Å². The van der Waals surface area contributed by atoms with Gasteiger partial charge in [0, 0.05) is 27.4 Å². The van der Waals surface area contributed by atoms with Gasteiger partial charge in [0.25, 0.3) is 0 Å². The smallest absolute Gasteiger partial charge is 0.307 e. The Bertz CT molecular complexity index is 1220. The van der Waals surface area contributed by atoms with Gasteiger partial charge in [-0.1, -0.05) is 94.4 Å². The normalized spacial score (nSPS) is 12.3. The van der Waals surface area contributed by atoms with E-state index >= 15 is 0 Å². The van der Waals surface area contributed by atoms with Gasteiger partial charge in [0.2, 0.25) is 0 Å². The Morgan fingerprint density at radius 3 is 1.87 bits per heavy atom. The number of nitrogens with one attached hydrogen (secondary N) is 1. The van der Waals surface area contributed by atoms with Crippen LogP contribution >= 0.6 is 0 Å². The van der Waals surface area contributed by atoms with Gasteiger partial charge in [-0.05, 0) is 34.4 Å². The highest BCUT2D eigenvalue weighted by Gasteiger charge is 2.31.